The van der Waals surface area contributed by atoms with Crippen LogP contribution in [0, 0.1) is 11.3 Å². The lowest BCUT2D eigenvalue weighted by molar-refractivity contribution is -0.139. The van der Waals surface area contributed by atoms with Crippen molar-refractivity contribution < 1.29 is 13.2 Å². The van der Waals surface area contributed by atoms with Crippen LogP contribution in [0.5, 0.6) is 0 Å². The molecule has 0 bridgehead atoms. The van der Waals surface area contributed by atoms with Gasteiger partial charge < -0.3 is 0 Å². The summed E-state index contributed by atoms with van der Waals surface area (Å²) in [6.07, 6.45) is -4.46. The smallest absolute Gasteiger partial charge is 0.192 e. The molecule has 2 aromatic carbocycles. The number of nitriles is 1. The Bertz CT molecular complexity index is 656. The van der Waals surface area contributed by atoms with Gasteiger partial charge in [0.25, 0.3) is 0 Å². The molecule has 0 radical (unpaired) electrons. The minimum Gasteiger partial charge on any atom is -0.192 e. The van der Waals surface area contributed by atoms with Crippen LogP contribution >= 0.6 is 12.6 Å². The number of nitrogens with zero attached hydrogens (tertiary/aromatic N) is 1. The number of halogens is 3. The molecule has 0 fully saturated rings. The van der Waals surface area contributed by atoms with E-state index in [1.54, 1.807) is 24.3 Å². The van der Waals surface area contributed by atoms with E-state index in [1.807, 2.05) is 6.07 Å². The Morgan fingerprint density at radius 3 is 2.37 bits per heavy atom. The van der Waals surface area contributed by atoms with E-state index in [1.165, 1.54) is 12.1 Å². The van der Waals surface area contributed by atoms with E-state index in [-0.39, 0.29) is 4.90 Å². The summed E-state index contributed by atoms with van der Waals surface area (Å²) in [5.41, 5.74) is 0.356. The van der Waals surface area contributed by atoms with Crippen molar-refractivity contribution >= 4 is 12.6 Å². The van der Waals surface area contributed by atoms with Gasteiger partial charge in [0.1, 0.15) is 0 Å². The van der Waals surface area contributed by atoms with Crippen LogP contribution in [-0.4, -0.2) is 0 Å². The monoisotopic (exact) mass is 279 g/mol. The van der Waals surface area contributed by atoms with Gasteiger partial charge in [0.05, 0.1) is 17.2 Å². The largest absolute Gasteiger partial charge is 0.417 e. The fourth-order valence-electron chi connectivity index (χ4n) is 1.76. The first-order valence-electron chi connectivity index (χ1n) is 5.33. The Morgan fingerprint density at radius 2 is 1.74 bits per heavy atom. The third-order valence-electron chi connectivity index (χ3n) is 2.66. The average Bonchev–Trinajstić information content (AvgIpc) is 2.38. The van der Waals surface area contributed by atoms with Crippen molar-refractivity contribution in [3.8, 4) is 17.2 Å². The summed E-state index contributed by atoms with van der Waals surface area (Å²) in [6, 6.07) is 12.3. The van der Waals surface area contributed by atoms with Crippen molar-refractivity contribution in [1.29, 1.82) is 5.26 Å². The molecule has 0 N–H and O–H groups in total. The van der Waals surface area contributed by atoms with Crippen molar-refractivity contribution in [2.24, 2.45) is 0 Å². The maximum absolute atomic E-state index is 12.8. The second kappa shape index (κ2) is 4.98. The molecule has 2 rings (SSSR count). The minimum atomic E-state index is -4.46. The van der Waals surface area contributed by atoms with E-state index in [4.69, 9.17) is 5.26 Å². The zero-order valence-electron chi connectivity index (χ0n) is 9.57. The van der Waals surface area contributed by atoms with Gasteiger partial charge in [0, 0.05) is 4.90 Å². The van der Waals surface area contributed by atoms with Gasteiger partial charge in [-0.2, -0.15) is 18.4 Å². The molecule has 0 saturated heterocycles. The summed E-state index contributed by atoms with van der Waals surface area (Å²) in [5, 5.41) is 8.98. The molecule has 0 amide bonds. The van der Waals surface area contributed by atoms with Crippen LogP contribution in [0.1, 0.15) is 11.1 Å². The minimum absolute atomic E-state index is 0.134. The van der Waals surface area contributed by atoms with E-state index in [9.17, 15) is 13.2 Å². The zero-order chi connectivity index (χ0) is 14.0. The maximum atomic E-state index is 12.8. The number of alkyl halides is 3. The van der Waals surface area contributed by atoms with E-state index in [2.05, 4.69) is 12.6 Å². The van der Waals surface area contributed by atoms with Gasteiger partial charge in [0.2, 0.25) is 0 Å². The Hall–Kier alpha value is -1.93. The molecule has 0 aliphatic heterocycles. The molecule has 0 aliphatic carbocycles. The van der Waals surface area contributed by atoms with E-state index in [0.29, 0.717) is 16.7 Å². The van der Waals surface area contributed by atoms with Gasteiger partial charge in [-0.1, -0.05) is 24.3 Å². The first-order chi connectivity index (χ1) is 8.93. The first-order valence-corrected chi connectivity index (χ1v) is 5.78. The van der Waals surface area contributed by atoms with Crippen molar-refractivity contribution in [3.63, 3.8) is 0 Å². The van der Waals surface area contributed by atoms with Crippen LogP contribution in [0.15, 0.2) is 47.4 Å². The number of thiol groups is 1. The predicted molar refractivity (Wildman–Crippen MR) is 68.8 cm³/mol. The highest BCUT2D eigenvalue weighted by molar-refractivity contribution is 7.80. The summed E-state index contributed by atoms with van der Waals surface area (Å²) in [5.74, 6) is 0. The number of rotatable bonds is 1. The lowest BCUT2D eigenvalue weighted by atomic mass is 9.98. The molecule has 0 aromatic heterocycles. The second-order valence-corrected chi connectivity index (χ2v) is 4.37. The van der Waals surface area contributed by atoms with Gasteiger partial charge in [0.15, 0.2) is 0 Å². The van der Waals surface area contributed by atoms with Crippen molar-refractivity contribution in [3.05, 3.63) is 53.6 Å². The molecule has 0 aliphatic rings. The number of benzene rings is 2. The molecule has 0 heterocycles. The Morgan fingerprint density at radius 1 is 1.05 bits per heavy atom. The molecule has 0 atom stereocenters. The normalized spacial score (nSPS) is 11.1. The van der Waals surface area contributed by atoms with Crippen molar-refractivity contribution in [2.75, 3.05) is 0 Å². The molecular weight excluding hydrogens is 271 g/mol. The maximum Gasteiger partial charge on any atom is 0.417 e. The molecule has 0 saturated carbocycles. The number of hydrogen-bond acceptors (Lipinski definition) is 2. The van der Waals surface area contributed by atoms with Crippen LogP contribution in [0.4, 0.5) is 13.2 Å². The van der Waals surface area contributed by atoms with Gasteiger partial charge >= 0.3 is 6.18 Å². The lowest BCUT2D eigenvalue weighted by Crippen LogP contribution is -2.06. The summed E-state index contributed by atoms with van der Waals surface area (Å²) in [4.78, 5) is -0.134. The van der Waals surface area contributed by atoms with E-state index in [0.717, 1.165) is 6.07 Å². The lowest BCUT2D eigenvalue weighted by Gasteiger charge is -2.12. The van der Waals surface area contributed by atoms with E-state index < -0.39 is 11.7 Å². The standard InChI is InChI=1S/C14H8F3NS/c15-14(16,17)12-7-9(5-6-13(12)19)11-4-2-1-3-10(11)8-18/h1-7,19H. The molecule has 2 aromatic rings. The summed E-state index contributed by atoms with van der Waals surface area (Å²) >= 11 is 3.81. The molecule has 0 unspecified atom stereocenters. The highest BCUT2D eigenvalue weighted by atomic mass is 32.1. The van der Waals surface area contributed by atoms with Crippen molar-refractivity contribution in [1.82, 2.24) is 0 Å². The van der Waals surface area contributed by atoms with Crippen LogP contribution in [0.25, 0.3) is 11.1 Å². The Balaban J connectivity index is 2.62. The van der Waals surface area contributed by atoms with Crippen LogP contribution in [0.2, 0.25) is 0 Å². The molecule has 96 valence electrons. The predicted octanol–water partition coefficient (Wildman–Crippen LogP) is 4.53. The zero-order valence-corrected chi connectivity index (χ0v) is 10.5. The second-order valence-electron chi connectivity index (χ2n) is 3.89. The van der Waals surface area contributed by atoms with Crippen LogP contribution in [0.3, 0.4) is 0 Å². The average molecular weight is 279 g/mol. The van der Waals surface area contributed by atoms with E-state index >= 15 is 0 Å². The van der Waals surface area contributed by atoms with Crippen LogP contribution in [-0.2, 0) is 6.18 Å². The SMILES string of the molecule is N#Cc1ccccc1-c1ccc(S)c(C(F)(F)F)c1. The van der Waals surface area contributed by atoms with Crippen molar-refractivity contribution in [2.45, 2.75) is 11.1 Å². The van der Waals surface area contributed by atoms with Gasteiger partial charge in [-0.3, -0.25) is 0 Å². The molecule has 19 heavy (non-hydrogen) atoms. The van der Waals surface area contributed by atoms with Gasteiger partial charge in [-0.05, 0) is 29.3 Å². The molecule has 0 spiro atoms. The van der Waals surface area contributed by atoms with Gasteiger partial charge in [-0.15, -0.1) is 12.6 Å². The third-order valence-corrected chi connectivity index (χ3v) is 3.05. The summed E-state index contributed by atoms with van der Waals surface area (Å²) in [7, 11) is 0. The fourth-order valence-corrected chi connectivity index (χ4v) is 2.03. The number of hydrogen-bond donors (Lipinski definition) is 1. The van der Waals surface area contributed by atoms with Gasteiger partial charge in [-0.25, -0.2) is 0 Å². The summed E-state index contributed by atoms with van der Waals surface area (Å²) in [6.45, 7) is 0. The molecule has 1 nitrogen and oxygen atoms in total. The highest BCUT2D eigenvalue weighted by Crippen LogP contribution is 2.36. The molecular formula is C14H8F3NS. The fraction of sp³-hybridized carbons (Fsp3) is 0.0714. The van der Waals surface area contributed by atoms with Crippen LogP contribution < -0.4 is 0 Å². The highest BCUT2D eigenvalue weighted by Gasteiger charge is 2.33. The first kappa shape index (κ1) is 13.5. The Labute approximate surface area is 113 Å². The summed E-state index contributed by atoms with van der Waals surface area (Å²) < 4.78 is 38.4. The Kier molecular flexibility index (Phi) is 3.54. The quantitative estimate of drug-likeness (QED) is 0.762. The molecule has 5 heteroatoms. The topological polar surface area (TPSA) is 23.8 Å². The third kappa shape index (κ3) is 2.74.